The molecule has 0 unspecified atom stereocenters. The predicted octanol–water partition coefficient (Wildman–Crippen LogP) is 15.5. The number of nitrogens with zero attached hydrogens (tertiary/aromatic N) is 1. The Morgan fingerprint density at radius 2 is 0.804 bits per heavy atom. The molecule has 8 aromatic carbocycles. The van der Waals surface area contributed by atoms with Crippen molar-refractivity contribution in [3.05, 3.63) is 198 Å². The Labute approximate surface area is 333 Å². The molecule has 0 fully saturated rings. The zero-order chi connectivity index (χ0) is 37.8. The average Bonchev–Trinajstić information content (AvgIpc) is 3.81. The lowest BCUT2D eigenvalue weighted by atomic mass is 9.79. The van der Waals surface area contributed by atoms with Crippen LogP contribution >= 0.6 is 11.3 Å². The molecule has 1 aromatic heterocycles. The van der Waals surface area contributed by atoms with Crippen molar-refractivity contribution in [2.24, 2.45) is 0 Å². The SMILES string of the molecule is CC1(C)c2ccccc2-c2cccc(-c3cccc(N(c4cccc(-c5cccc6c5C(C)(C)c5ccccc5-6)c4)c4ccc5c(c4)sc4ccccc45)c3)c21. The third-order valence-corrected chi connectivity index (χ3v) is 13.7. The third kappa shape index (κ3) is 4.79. The number of fused-ring (bicyclic) bond motifs is 9. The lowest BCUT2D eigenvalue weighted by Crippen LogP contribution is -2.16. The quantitative estimate of drug-likeness (QED) is 0.170. The molecule has 0 radical (unpaired) electrons. The Balaban J connectivity index is 1.10. The van der Waals surface area contributed by atoms with E-state index in [2.05, 4.69) is 209 Å². The van der Waals surface area contributed by atoms with Gasteiger partial charge in [-0.1, -0.05) is 161 Å². The molecule has 9 aromatic rings. The van der Waals surface area contributed by atoms with E-state index in [1.54, 1.807) is 0 Å². The van der Waals surface area contributed by atoms with E-state index in [4.69, 9.17) is 0 Å². The number of thiophene rings is 1. The van der Waals surface area contributed by atoms with Crippen molar-refractivity contribution >= 4 is 48.6 Å². The molecule has 0 N–H and O–H groups in total. The van der Waals surface area contributed by atoms with Crippen LogP contribution in [0.3, 0.4) is 0 Å². The molecule has 0 bridgehead atoms. The predicted molar refractivity (Wildman–Crippen MR) is 240 cm³/mol. The highest BCUT2D eigenvalue weighted by atomic mass is 32.1. The maximum atomic E-state index is 2.46. The molecule has 0 aliphatic heterocycles. The molecule has 0 spiro atoms. The molecule has 1 nitrogen and oxygen atoms in total. The summed E-state index contributed by atoms with van der Waals surface area (Å²) in [5, 5.41) is 2.62. The van der Waals surface area contributed by atoms with Gasteiger partial charge in [-0.2, -0.15) is 0 Å². The van der Waals surface area contributed by atoms with Crippen LogP contribution in [0.4, 0.5) is 17.1 Å². The monoisotopic (exact) mass is 735 g/mol. The van der Waals surface area contributed by atoms with Gasteiger partial charge in [0.1, 0.15) is 0 Å². The van der Waals surface area contributed by atoms with Gasteiger partial charge in [0.2, 0.25) is 0 Å². The van der Waals surface area contributed by atoms with Crippen molar-refractivity contribution < 1.29 is 0 Å². The van der Waals surface area contributed by atoms with Crippen LogP contribution in [0.25, 0.3) is 64.7 Å². The van der Waals surface area contributed by atoms with Crippen molar-refractivity contribution in [2.75, 3.05) is 4.90 Å². The van der Waals surface area contributed by atoms with E-state index in [1.165, 1.54) is 86.9 Å². The molecule has 0 atom stereocenters. The van der Waals surface area contributed by atoms with Gasteiger partial charge in [0.15, 0.2) is 0 Å². The highest BCUT2D eigenvalue weighted by Gasteiger charge is 2.38. The van der Waals surface area contributed by atoms with Crippen molar-refractivity contribution in [3.63, 3.8) is 0 Å². The number of benzene rings is 8. The summed E-state index contributed by atoms with van der Waals surface area (Å²) in [7, 11) is 0. The summed E-state index contributed by atoms with van der Waals surface area (Å²) in [5.41, 5.74) is 19.2. The lowest BCUT2D eigenvalue weighted by Gasteiger charge is -2.28. The minimum Gasteiger partial charge on any atom is -0.310 e. The van der Waals surface area contributed by atoms with E-state index in [0.29, 0.717) is 0 Å². The van der Waals surface area contributed by atoms with Crippen molar-refractivity contribution in [1.82, 2.24) is 0 Å². The zero-order valence-electron chi connectivity index (χ0n) is 32.1. The van der Waals surface area contributed by atoms with E-state index >= 15 is 0 Å². The van der Waals surface area contributed by atoms with Gasteiger partial charge in [0.25, 0.3) is 0 Å². The second-order valence-corrected chi connectivity index (χ2v) is 17.6. The van der Waals surface area contributed by atoms with Crippen LogP contribution in [0.15, 0.2) is 176 Å². The van der Waals surface area contributed by atoms with E-state index in [-0.39, 0.29) is 10.8 Å². The summed E-state index contributed by atoms with van der Waals surface area (Å²) in [5.74, 6) is 0. The Hall–Kier alpha value is -6.22. The van der Waals surface area contributed by atoms with Crippen molar-refractivity contribution in [3.8, 4) is 44.5 Å². The lowest BCUT2D eigenvalue weighted by molar-refractivity contribution is 0.662. The first-order valence-corrected chi connectivity index (χ1v) is 20.5. The highest BCUT2D eigenvalue weighted by molar-refractivity contribution is 7.25. The van der Waals surface area contributed by atoms with Gasteiger partial charge in [-0.05, 0) is 109 Å². The summed E-state index contributed by atoms with van der Waals surface area (Å²) < 4.78 is 2.61. The zero-order valence-corrected chi connectivity index (χ0v) is 32.9. The van der Waals surface area contributed by atoms with Gasteiger partial charge < -0.3 is 4.90 Å². The Kier molecular flexibility index (Phi) is 7.18. The second kappa shape index (κ2) is 12.1. The van der Waals surface area contributed by atoms with Crippen LogP contribution in [0, 0.1) is 0 Å². The van der Waals surface area contributed by atoms with Crippen LogP contribution < -0.4 is 4.90 Å². The minimum absolute atomic E-state index is 0.109. The fourth-order valence-electron chi connectivity index (χ4n) is 10.1. The van der Waals surface area contributed by atoms with Crippen molar-refractivity contribution in [2.45, 2.75) is 38.5 Å². The number of hydrogen-bond donors (Lipinski definition) is 0. The van der Waals surface area contributed by atoms with E-state index in [1.807, 2.05) is 11.3 Å². The first-order valence-electron chi connectivity index (χ1n) is 19.7. The number of hydrogen-bond acceptors (Lipinski definition) is 2. The fourth-order valence-corrected chi connectivity index (χ4v) is 11.2. The summed E-state index contributed by atoms with van der Waals surface area (Å²) in [6, 6.07) is 65.7. The molecule has 2 aliphatic rings. The Morgan fingerprint density at radius 3 is 1.39 bits per heavy atom. The van der Waals surface area contributed by atoms with Crippen LogP contribution in [-0.2, 0) is 10.8 Å². The first kappa shape index (κ1) is 33.1. The summed E-state index contributed by atoms with van der Waals surface area (Å²) in [6.45, 7) is 9.51. The average molecular weight is 736 g/mol. The number of rotatable bonds is 5. The summed E-state index contributed by atoms with van der Waals surface area (Å²) in [4.78, 5) is 2.46. The van der Waals surface area contributed by atoms with Crippen LogP contribution in [0.2, 0.25) is 0 Å². The molecule has 2 aliphatic carbocycles. The maximum Gasteiger partial charge on any atom is 0.0476 e. The van der Waals surface area contributed by atoms with Gasteiger partial charge >= 0.3 is 0 Å². The van der Waals surface area contributed by atoms with E-state index < -0.39 is 0 Å². The van der Waals surface area contributed by atoms with Crippen LogP contribution in [0.5, 0.6) is 0 Å². The van der Waals surface area contributed by atoms with Gasteiger partial charge in [0, 0.05) is 48.1 Å². The van der Waals surface area contributed by atoms with Crippen LogP contribution in [0.1, 0.15) is 49.9 Å². The molecule has 268 valence electrons. The van der Waals surface area contributed by atoms with Gasteiger partial charge in [0.05, 0.1) is 0 Å². The molecule has 1 heterocycles. The second-order valence-electron chi connectivity index (χ2n) is 16.5. The van der Waals surface area contributed by atoms with Gasteiger partial charge in [-0.25, -0.2) is 0 Å². The molecular weight excluding hydrogens is 695 g/mol. The third-order valence-electron chi connectivity index (χ3n) is 12.6. The minimum atomic E-state index is -0.109. The molecule has 0 saturated heterocycles. The molecule has 56 heavy (non-hydrogen) atoms. The van der Waals surface area contributed by atoms with Crippen molar-refractivity contribution in [1.29, 1.82) is 0 Å². The fraction of sp³-hybridized carbons (Fsp3) is 0.111. The Bertz CT molecular complexity index is 2900. The smallest absolute Gasteiger partial charge is 0.0476 e. The normalized spacial score (nSPS) is 14.4. The topological polar surface area (TPSA) is 3.24 Å². The number of anilines is 3. The largest absolute Gasteiger partial charge is 0.310 e. The summed E-state index contributed by atoms with van der Waals surface area (Å²) in [6.07, 6.45) is 0. The molecule has 0 amide bonds. The van der Waals surface area contributed by atoms with Crippen LogP contribution in [-0.4, -0.2) is 0 Å². The maximum absolute atomic E-state index is 2.46. The van der Waals surface area contributed by atoms with E-state index in [9.17, 15) is 0 Å². The van der Waals surface area contributed by atoms with Gasteiger partial charge in [-0.15, -0.1) is 11.3 Å². The highest BCUT2D eigenvalue weighted by Crippen LogP contribution is 2.54. The summed E-state index contributed by atoms with van der Waals surface area (Å²) >= 11 is 1.87. The first-order chi connectivity index (χ1) is 27.3. The van der Waals surface area contributed by atoms with Gasteiger partial charge in [-0.3, -0.25) is 0 Å². The standard InChI is InChI=1S/C54H41NS/c1-53(2)47-26-8-5-19-41(47)45-24-13-22-39(51(45)53)34-15-11-17-36(31-34)55(38-29-30-44-43-21-7-10-28-49(43)56-50(44)33-38)37-18-12-16-35(32-37)40-23-14-25-46-42-20-6-9-27-48(42)54(3,4)52(40)46/h5-33H,1-4H3. The molecule has 11 rings (SSSR count). The molecule has 2 heteroatoms. The molecular formula is C54H41NS. The van der Waals surface area contributed by atoms with E-state index in [0.717, 1.165) is 17.1 Å². The molecule has 0 saturated carbocycles. The Morgan fingerprint density at radius 1 is 0.357 bits per heavy atom.